The highest BCUT2D eigenvalue weighted by Gasteiger charge is 2.07. The Labute approximate surface area is 162 Å². The van der Waals surface area contributed by atoms with Crippen LogP contribution in [0.15, 0.2) is 61.4 Å². The van der Waals surface area contributed by atoms with Gasteiger partial charge in [0.25, 0.3) is 0 Å². The standard InChI is InChI=1S/C20H20N6O2/c1-4-18(27)23-14-6-5-7-15(10-14)24-19-13(2)11-22-20(26-19)25-17-9-8-16(28-3)12-21-17/h4-12H,1H2,2-3H3,(H,23,27)(H2,21,22,24,25,26). The Morgan fingerprint density at radius 1 is 1.11 bits per heavy atom. The Bertz CT molecular complexity index is 988. The van der Waals surface area contributed by atoms with Crippen molar-refractivity contribution in [3.05, 3.63) is 67.0 Å². The molecule has 142 valence electrons. The minimum Gasteiger partial charge on any atom is -0.495 e. The van der Waals surface area contributed by atoms with Gasteiger partial charge < -0.3 is 20.7 Å². The van der Waals surface area contributed by atoms with E-state index in [1.165, 1.54) is 6.08 Å². The third-order valence-corrected chi connectivity index (χ3v) is 3.76. The van der Waals surface area contributed by atoms with Gasteiger partial charge in [0.2, 0.25) is 11.9 Å². The van der Waals surface area contributed by atoms with Crippen molar-refractivity contribution < 1.29 is 9.53 Å². The van der Waals surface area contributed by atoms with Crippen LogP contribution in [-0.4, -0.2) is 28.0 Å². The molecular formula is C20H20N6O2. The van der Waals surface area contributed by atoms with Gasteiger partial charge in [-0.15, -0.1) is 0 Å². The summed E-state index contributed by atoms with van der Waals surface area (Å²) in [6, 6.07) is 10.9. The van der Waals surface area contributed by atoms with Crippen LogP contribution in [0.5, 0.6) is 5.75 Å². The third-order valence-electron chi connectivity index (χ3n) is 3.76. The first-order valence-electron chi connectivity index (χ1n) is 8.48. The lowest BCUT2D eigenvalue weighted by molar-refractivity contribution is -0.111. The molecule has 0 aliphatic rings. The zero-order valence-electron chi connectivity index (χ0n) is 15.6. The number of aromatic nitrogens is 3. The molecular weight excluding hydrogens is 356 g/mol. The number of hydrogen-bond donors (Lipinski definition) is 3. The lowest BCUT2D eigenvalue weighted by atomic mass is 10.2. The van der Waals surface area contributed by atoms with E-state index in [-0.39, 0.29) is 5.91 Å². The predicted octanol–water partition coefficient (Wildman–Crippen LogP) is 3.80. The topological polar surface area (TPSA) is 101 Å². The van der Waals surface area contributed by atoms with E-state index in [4.69, 9.17) is 4.74 Å². The van der Waals surface area contributed by atoms with Gasteiger partial charge in [-0.2, -0.15) is 4.98 Å². The van der Waals surface area contributed by atoms with Crippen LogP contribution in [0.1, 0.15) is 5.56 Å². The third kappa shape index (κ3) is 4.82. The summed E-state index contributed by atoms with van der Waals surface area (Å²) in [5.41, 5.74) is 2.30. The van der Waals surface area contributed by atoms with Crippen LogP contribution in [0.4, 0.5) is 29.0 Å². The van der Waals surface area contributed by atoms with E-state index < -0.39 is 0 Å². The summed E-state index contributed by atoms with van der Waals surface area (Å²) < 4.78 is 5.10. The number of aryl methyl sites for hydroxylation is 1. The van der Waals surface area contributed by atoms with Gasteiger partial charge >= 0.3 is 0 Å². The second-order valence-corrected chi connectivity index (χ2v) is 5.83. The van der Waals surface area contributed by atoms with E-state index in [0.717, 1.165) is 11.3 Å². The normalized spacial score (nSPS) is 10.1. The van der Waals surface area contributed by atoms with Crippen molar-refractivity contribution in [1.82, 2.24) is 15.0 Å². The summed E-state index contributed by atoms with van der Waals surface area (Å²) in [5.74, 6) is 2.04. The maximum Gasteiger partial charge on any atom is 0.247 e. The first-order chi connectivity index (χ1) is 13.6. The predicted molar refractivity (Wildman–Crippen MR) is 109 cm³/mol. The molecule has 0 atom stereocenters. The Morgan fingerprint density at radius 3 is 2.64 bits per heavy atom. The zero-order valence-corrected chi connectivity index (χ0v) is 15.6. The largest absolute Gasteiger partial charge is 0.495 e. The molecule has 0 radical (unpaired) electrons. The van der Waals surface area contributed by atoms with Gasteiger partial charge in [-0.3, -0.25) is 4.79 Å². The van der Waals surface area contributed by atoms with Crippen molar-refractivity contribution in [2.45, 2.75) is 6.92 Å². The second-order valence-electron chi connectivity index (χ2n) is 5.83. The molecule has 0 saturated heterocycles. The minimum absolute atomic E-state index is 0.270. The lowest BCUT2D eigenvalue weighted by Crippen LogP contribution is -2.07. The molecule has 0 aliphatic carbocycles. The fraction of sp³-hybridized carbons (Fsp3) is 0.100. The summed E-state index contributed by atoms with van der Waals surface area (Å²) in [7, 11) is 1.59. The number of nitrogens with zero attached hydrogens (tertiary/aromatic N) is 3. The summed E-state index contributed by atoms with van der Waals surface area (Å²) in [5, 5.41) is 9.02. The summed E-state index contributed by atoms with van der Waals surface area (Å²) in [4.78, 5) is 24.5. The van der Waals surface area contributed by atoms with Crippen LogP contribution in [-0.2, 0) is 4.79 Å². The van der Waals surface area contributed by atoms with Crippen molar-refractivity contribution in [3.8, 4) is 5.75 Å². The van der Waals surface area contributed by atoms with E-state index in [1.807, 2.05) is 19.1 Å². The number of rotatable bonds is 7. The van der Waals surface area contributed by atoms with Crippen LogP contribution in [0.2, 0.25) is 0 Å². The Morgan fingerprint density at radius 2 is 1.93 bits per heavy atom. The smallest absolute Gasteiger partial charge is 0.247 e. The maximum atomic E-state index is 11.5. The number of ether oxygens (including phenoxy) is 1. The van der Waals surface area contributed by atoms with Gasteiger partial charge in [-0.25, -0.2) is 9.97 Å². The average Bonchev–Trinajstić information content (AvgIpc) is 2.71. The molecule has 1 aromatic carbocycles. The van der Waals surface area contributed by atoms with Crippen LogP contribution in [0.25, 0.3) is 0 Å². The van der Waals surface area contributed by atoms with Gasteiger partial charge in [-0.05, 0) is 43.3 Å². The number of carbonyl (C=O) groups is 1. The second kappa shape index (κ2) is 8.63. The molecule has 0 unspecified atom stereocenters. The number of hydrogen-bond acceptors (Lipinski definition) is 7. The van der Waals surface area contributed by atoms with Crippen molar-refractivity contribution in [3.63, 3.8) is 0 Å². The van der Waals surface area contributed by atoms with Crippen LogP contribution >= 0.6 is 0 Å². The van der Waals surface area contributed by atoms with Crippen molar-refractivity contribution >= 4 is 34.9 Å². The fourth-order valence-corrected chi connectivity index (χ4v) is 2.32. The molecule has 2 heterocycles. The van der Waals surface area contributed by atoms with Gasteiger partial charge in [0, 0.05) is 23.1 Å². The summed E-state index contributed by atoms with van der Waals surface area (Å²) >= 11 is 0. The number of nitrogens with one attached hydrogen (secondary N) is 3. The Kier molecular flexibility index (Phi) is 5.81. The molecule has 8 heteroatoms. The molecule has 0 bridgehead atoms. The van der Waals surface area contributed by atoms with Crippen molar-refractivity contribution in [1.29, 1.82) is 0 Å². The lowest BCUT2D eigenvalue weighted by Gasteiger charge is -2.12. The Balaban J connectivity index is 1.77. The molecule has 0 spiro atoms. The van der Waals surface area contributed by atoms with Crippen LogP contribution in [0.3, 0.4) is 0 Å². The molecule has 0 fully saturated rings. The first kappa shape index (κ1) is 18.8. The zero-order chi connectivity index (χ0) is 19.9. The molecule has 3 aromatic rings. The molecule has 3 N–H and O–H groups in total. The van der Waals surface area contributed by atoms with E-state index in [0.29, 0.717) is 29.0 Å². The average molecular weight is 376 g/mol. The van der Waals surface area contributed by atoms with Crippen molar-refractivity contribution in [2.24, 2.45) is 0 Å². The number of benzene rings is 1. The van der Waals surface area contributed by atoms with Gasteiger partial charge in [0.15, 0.2) is 0 Å². The molecule has 1 amide bonds. The van der Waals surface area contributed by atoms with E-state index >= 15 is 0 Å². The quantitative estimate of drug-likeness (QED) is 0.539. The summed E-state index contributed by atoms with van der Waals surface area (Å²) in [6.07, 6.45) is 4.54. The highest BCUT2D eigenvalue weighted by molar-refractivity contribution is 5.99. The highest BCUT2D eigenvalue weighted by atomic mass is 16.5. The number of anilines is 5. The number of methoxy groups -OCH3 is 1. The molecule has 28 heavy (non-hydrogen) atoms. The van der Waals surface area contributed by atoms with E-state index in [9.17, 15) is 4.79 Å². The minimum atomic E-state index is -0.270. The van der Waals surface area contributed by atoms with E-state index in [2.05, 4.69) is 37.5 Å². The molecule has 8 nitrogen and oxygen atoms in total. The van der Waals surface area contributed by atoms with Gasteiger partial charge in [0.1, 0.15) is 17.4 Å². The number of carbonyl (C=O) groups excluding carboxylic acids is 1. The highest BCUT2D eigenvalue weighted by Crippen LogP contribution is 2.23. The monoisotopic (exact) mass is 376 g/mol. The SMILES string of the molecule is C=CC(=O)Nc1cccc(Nc2nc(Nc3ccc(OC)cn3)ncc2C)c1. The number of amides is 1. The molecule has 2 aromatic heterocycles. The molecule has 0 saturated carbocycles. The Hall–Kier alpha value is -3.94. The van der Waals surface area contributed by atoms with Crippen LogP contribution in [0, 0.1) is 6.92 Å². The summed E-state index contributed by atoms with van der Waals surface area (Å²) in [6.45, 7) is 5.35. The van der Waals surface area contributed by atoms with Gasteiger partial charge in [0.05, 0.1) is 13.3 Å². The van der Waals surface area contributed by atoms with Crippen molar-refractivity contribution in [2.75, 3.05) is 23.1 Å². The first-order valence-corrected chi connectivity index (χ1v) is 8.48. The number of pyridine rings is 1. The maximum absolute atomic E-state index is 11.5. The fourth-order valence-electron chi connectivity index (χ4n) is 2.32. The molecule has 3 rings (SSSR count). The van der Waals surface area contributed by atoms with Gasteiger partial charge in [-0.1, -0.05) is 12.6 Å². The van der Waals surface area contributed by atoms with Crippen LogP contribution < -0.4 is 20.7 Å². The van der Waals surface area contributed by atoms with E-state index in [1.54, 1.807) is 43.8 Å². The molecule has 0 aliphatic heterocycles.